The lowest BCUT2D eigenvalue weighted by Gasteiger charge is -2.30. The molecule has 0 saturated carbocycles. The molecule has 1 saturated heterocycles. The zero-order valence-electron chi connectivity index (χ0n) is 7.46. The predicted molar refractivity (Wildman–Crippen MR) is 59.7 cm³/mol. The van der Waals surface area contributed by atoms with E-state index in [4.69, 9.17) is 11.6 Å². The maximum Gasteiger partial charge on any atom is 0.253 e. The topological polar surface area (TPSA) is 20.3 Å². The molecule has 0 atom stereocenters. The van der Waals surface area contributed by atoms with Gasteiger partial charge in [0, 0.05) is 23.1 Å². The maximum absolute atomic E-state index is 11.8. The summed E-state index contributed by atoms with van der Waals surface area (Å²) >= 11 is 9.14. The number of carbonyl (C=O) groups is 1. The lowest BCUT2D eigenvalue weighted by Crippen LogP contribution is -2.41. The van der Waals surface area contributed by atoms with Gasteiger partial charge in [-0.15, -0.1) is 0 Å². The highest BCUT2D eigenvalue weighted by atomic mass is 79.9. The van der Waals surface area contributed by atoms with Crippen molar-refractivity contribution in [1.29, 1.82) is 0 Å². The summed E-state index contributed by atoms with van der Waals surface area (Å²) in [6, 6.07) is 5.26. The standard InChI is InChI=1S/C10H9BrClNO/c11-8-6-7(2-3-9(8)12)10(14)13-4-1-5-13/h2-3,6H,1,4-5H2. The molecule has 14 heavy (non-hydrogen) atoms. The van der Waals surface area contributed by atoms with Gasteiger partial charge in [-0.25, -0.2) is 0 Å². The number of amides is 1. The first-order chi connectivity index (χ1) is 6.68. The lowest BCUT2D eigenvalue weighted by molar-refractivity contribution is 0.0652. The summed E-state index contributed by atoms with van der Waals surface area (Å²) in [5.74, 6) is 0.0913. The van der Waals surface area contributed by atoms with Crippen LogP contribution in [0.1, 0.15) is 16.8 Å². The summed E-state index contributed by atoms with van der Waals surface area (Å²) in [4.78, 5) is 13.6. The molecule has 1 heterocycles. The second kappa shape index (κ2) is 3.91. The van der Waals surface area contributed by atoms with Crippen molar-refractivity contribution in [1.82, 2.24) is 4.90 Å². The Hall–Kier alpha value is -0.540. The van der Waals surface area contributed by atoms with Crippen LogP contribution in [-0.4, -0.2) is 23.9 Å². The van der Waals surface area contributed by atoms with Crippen molar-refractivity contribution in [2.75, 3.05) is 13.1 Å². The van der Waals surface area contributed by atoms with Crippen LogP contribution in [0.2, 0.25) is 5.02 Å². The molecule has 0 aromatic heterocycles. The molecule has 0 radical (unpaired) electrons. The third kappa shape index (κ3) is 1.79. The van der Waals surface area contributed by atoms with Gasteiger partial charge in [-0.05, 0) is 40.5 Å². The van der Waals surface area contributed by atoms with Gasteiger partial charge in [0.2, 0.25) is 0 Å². The van der Waals surface area contributed by atoms with Gasteiger partial charge in [0.05, 0.1) is 5.02 Å². The molecule has 4 heteroatoms. The minimum absolute atomic E-state index is 0.0913. The fourth-order valence-corrected chi connectivity index (χ4v) is 1.83. The van der Waals surface area contributed by atoms with Gasteiger partial charge in [-0.2, -0.15) is 0 Å². The zero-order valence-corrected chi connectivity index (χ0v) is 9.81. The van der Waals surface area contributed by atoms with Gasteiger partial charge < -0.3 is 4.90 Å². The molecule has 2 nitrogen and oxygen atoms in total. The van der Waals surface area contributed by atoms with Crippen LogP contribution >= 0.6 is 27.5 Å². The quantitative estimate of drug-likeness (QED) is 0.771. The van der Waals surface area contributed by atoms with Crippen molar-refractivity contribution in [3.8, 4) is 0 Å². The summed E-state index contributed by atoms with van der Waals surface area (Å²) in [6.45, 7) is 1.75. The Bertz CT molecular complexity index is 376. The van der Waals surface area contributed by atoms with Crippen LogP contribution in [0.4, 0.5) is 0 Å². The zero-order chi connectivity index (χ0) is 10.1. The van der Waals surface area contributed by atoms with Crippen LogP contribution in [0, 0.1) is 0 Å². The Morgan fingerprint density at radius 1 is 1.43 bits per heavy atom. The molecule has 1 aromatic rings. The SMILES string of the molecule is O=C(c1ccc(Cl)c(Br)c1)N1CCC1. The number of benzene rings is 1. The van der Waals surface area contributed by atoms with Crippen molar-refractivity contribution in [3.05, 3.63) is 33.3 Å². The van der Waals surface area contributed by atoms with Crippen molar-refractivity contribution in [2.45, 2.75) is 6.42 Å². The second-order valence-corrected chi connectivity index (χ2v) is 4.54. The third-order valence-corrected chi connectivity index (χ3v) is 3.52. The predicted octanol–water partition coefficient (Wildman–Crippen LogP) is 2.95. The van der Waals surface area contributed by atoms with E-state index >= 15 is 0 Å². The van der Waals surface area contributed by atoms with Gasteiger partial charge in [-0.3, -0.25) is 4.79 Å². The highest BCUT2D eigenvalue weighted by molar-refractivity contribution is 9.10. The highest BCUT2D eigenvalue weighted by Crippen LogP contribution is 2.24. The molecule has 0 aliphatic carbocycles. The Morgan fingerprint density at radius 2 is 2.14 bits per heavy atom. The molecular weight excluding hydrogens is 265 g/mol. The molecule has 1 fully saturated rings. The van der Waals surface area contributed by atoms with E-state index in [9.17, 15) is 4.79 Å². The van der Waals surface area contributed by atoms with E-state index in [2.05, 4.69) is 15.9 Å². The van der Waals surface area contributed by atoms with Crippen molar-refractivity contribution in [3.63, 3.8) is 0 Å². The van der Waals surface area contributed by atoms with Gasteiger partial charge in [0.15, 0.2) is 0 Å². The molecule has 74 valence electrons. The van der Waals surface area contributed by atoms with Crippen molar-refractivity contribution >= 4 is 33.4 Å². The smallest absolute Gasteiger partial charge is 0.253 e. The van der Waals surface area contributed by atoms with E-state index in [-0.39, 0.29) is 5.91 Å². The summed E-state index contributed by atoms with van der Waals surface area (Å²) < 4.78 is 0.769. The van der Waals surface area contributed by atoms with Crippen molar-refractivity contribution < 1.29 is 4.79 Å². The maximum atomic E-state index is 11.8. The van der Waals surface area contributed by atoms with E-state index in [1.165, 1.54) is 0 Å². The van der Waals surface area contributed by atoms with Crippen LogP contribution in [-0.2, 0) is 0 Å². The molecule has 0 unspecified atom stereocenters. The Kier molecular flexibility index (Phi) is 2.79. The first kappa shape index (κ1) is 9.99. The van der Waals surface area contributed by atoms with Crippen LogP contribution in [0.15, 0.2) is 22.7 Å². The Morgan fingerprint density at radius 3 is 2.64 bits per heavy atom. The van der Waals surface area contributed by atoms with Gasteiger partial charge >= 0.3 is 0 Å². The molecule has 2 rings (SSSR count). The van der Waals surface area contributed by atoms with E-state index < -0.39 is 0 Å². The Balaban J connectivity index is 2.23. The third-order valence-electron chi connectivity index (χ3n) is 2.31. The van der Waals surface area contributed by atoms with Crippen LogP contribution in [0.3, 0.4) is 0 Å². The number of hydrogen-bond acceptors (Lipinski definition) is 1. The number of rotatable bonds is 1. The first-order valence-electron chi connectivity index (χ1n) is 4.43. The minimum atomic E-state index is 0.0913. The lowest BCUT2D eigenvalue weighted by atomic mass is 10.1. The molecular formula is C10H9BrClNO. The normalized spacial score (nSPS) is 15.1. The first-order valence-corrected chi connectivity index (χ1v) is 5.60. The molecule has 1 aliphatic rings. The molecule has 1 amide bonds. The molecule has 0 N–H and O–H groups in total. The van der Waals surface area contributed by atoms with E-state index in [0.29, 0.717) is 10.6 Å². The number of likely N-dealkylation sites (tertiary alicyclic amines) is 1. The number of carbonyl (C=O) groups excluding carboxylic acids is 1. The second-order valence-electron chi connectivity index (χ2n) is 3.27. The monoisotopic (exact) mass is 273 g/mol. The molecule has 0 bridgehead atoms. The summed E-state index contributed by atoms with van der Waals surface area (Å²) in [5.41, 5.74) is 0.695. The molecule has 1 aliphatic heterocycles. The summed E-state index contributed by atoms with van der Waals surface area (Å²) in [7, 11) is 0. The summed E-state index contributed by atoms with van der Waals surface area (Å²) in [5, 5.41) is 0.630. The van der Waals surface area contributed by atoms with E-state index in [1.54, 1.807) is 18.2 Å². The van der Waals surface area contributed by atoms with Gasteiger partial charge in [0.1, 0.15) is 0 Å². The average Bonchev–Trinajstić information content (AvgIpc) is 2.06. The number of nitrogens with zero attached hydrogens (tertiary/aromatic N) is 1. The number of hydrogen-bond donors (Lipinski definition) is 0. The van der Waals surface area contributed by atoms with Gasteiger partial charge in [-0.1, -0.05) is 11.6 Å². The fraction of sp³-hybridized carbons (Fsp3) is 0.300. The van der Waals surface area contributed by atoms with Crippen LogP contribution < -0.4 is 0 Å². The fourth-order valence-electron chi connectivity index (χ4n) is 1.33. The Labute approximate surface area is 96.0 Å². The summed E-state index contributed by atoms with van der Waals surface area (Å²) in [6.07, 6.45) is 1.11. The largest absolute Gasteiger partial charge is 0.339 e. The molecule has 0 spiro atoms. The van der Waals surface area contributed by atoms with E-state index in [1.807, 2.05) is 4.90 Å². The van der Waals surface area contributed by atoms with E-state index in [0.717, 1.165) is 24.0 Å². The minimum Gasteiger partial charge on any atom is -0.339 e. The number of halogens is 2. The van der Waals surface area contributed by atoms with Crippen LogP contribution in [0.25, 0.3) is 0 Å². The van der Waals surface area contributed by atoms with Crippen molar-refractivity contribution in [2.24, 2.45) is 0 Å². The molecule has 1 aromatic carbocycles. The van der Waals surface area contributed by atoms with Gasteiger partial charge in [0.25, 0.3) is 5.91 Å². The average molecular weight is 275 g/mol. The van der Waals surface area contributed by atoms with Crippen LogP contribution in [0.5, 0.6) is 0 Å². The highest BCUT2D eigenvalue weighted by Gasteiger charge is 2.21.